The van der Waals surface area contributed by atoms with E-state index in [2.05, 4.69) is 0 Å². The van der Waals surface area contributed by atoms with Crippen LogP contribution >= 0.6 is 11.3 Å². The fourth-order valence-corrected chi connectivity index (χ4v) is 0.724. The van der Waals surface area contributed by atoms with E-state index in [1.807, 2.05) is 12.2 Å². The topological polar surface area (TPSA) is 37.3 Å². The minimum atomic E-state index is 0.384. The summed E-state index contributed by atoms with van der Waals surface area (Å²) in [6.07, 6.45) is 0. The average molecular weight is 130 g/mol. The van der Waals surface area contributed by atoms with Crippen molar-refractivity contribution in [3.8, 4) is 5.06 Å². The molecule has 0 amide bonds. The Morgan fingerprint density at radius 3 is 2.38 bits per heavy atom. The van der Waals surface area contributed by atoms with Gasteiger partial charge in [-0.1, -0.05) is 0 Å². The maximum atomic E-state index is 8.49. The molecule has 2 nitrogen and oxygen atoms in total. The van der Waals surface area contributed by atoms with E-state index in [9.17, 15) is 0 Å². The Kier molecular flexibility index (Phi) is 3.88. The third kappa shape index (κ3) is 2.36. The van der Waals surface area contributed by atoms with Crippen LogP contribution in [0.2, 0.25) is 0 Å². The molecule has 0 unspecified atom stereocenters. The van der Waals surface area contributed by atoms with Crippen molar-refractivity contribution in [1.29, 1.82) is 0 Å². The molecule has 0 aliphatic rings. The van der Waals surface area contributed by atoms with Crippen LogP contribution in [0.5, 0.6) is 5.06 Å². The molecule has 1 aromatic heterocycles. The number of aromatic hydroxyl groups is 1. The molecule has 0 bridgehead atoms. The normalized spacial score (nSPS) is 7.00. The van der Waals surface area contributed by atoms with Crippen LogP contribution in [0, 0.1) is 0 Å². The van der Waals surface area contributed by atoms with E-state index in [4.69, 9.17) is 9.90 Å². The van der Waals surface area contributed by atoms with Crippen molar-refractivity contribution < 1.29 is 9.90 Å². The van der Waals surface area contributed by atoms with Gasteiger partial charge in [-0.25, -0.2) is 0 Å². The highest BCUT2D eigenvalue weighted by molar-refractivity contribution is 7.11. The van der Waals surface area contributed by atoms with Gasteiger partial charge in [0.15, 0.2) is 5.06 Å². The summed E-state index contributed by atoms with van der Waals surface area (Å²) >= 11 is 1.33. The third-order valence-corrected chi connectivity index (χ3v) is 1.18. The number of carbonyl (C=O) groups excluding carboxylic acids is 1. The summed E-state index contributed by atoms with van der Waals surface area (Å²) in [5, 5.41) is 10.7. The number of rotatable bonds is 0. The summed E-state index contributed by atoms with van der Waals surface area (Å²) in [5.74, 6) is 0. The fraction of sp³-hybridized carbons (Fsp3) is 0. The monoisotopic (exact) mass is 130 g/mol. The molecule has 0 spiro atoms. The molecule has 0 saturated carbocycles. The zero-order valence-electron chi connectivity index (χ0n) is 4.20. The smallest absolute Gasteiger partial charge is 0.171 e. The maximum absolute atomic E-state index is 8.49. The molecule has 1 aromatic rings. The van der Waals surface area contributed by atoms with Crippen molar-refractivity contribution in [3.63, 3.8) is 0 Å². The zero-order valence-corrected chi connectivity index (χ0v) is 5.02. The first-order chi connectivity index (χ1) is 3.89. The molecule has 0 fully saturated rings. The molecule has 0 aromatic carbocycles. The summed E-state index contributed by atoms with van der Waals surface area (Å²) in [5.41, 5.74) is 0. The Morgan fingerprint density at radius 2 is 2.25 bits per heavy atom. The molecule has 0 aliphatic carbocycles. The van der Waals surface area contributed by atoms with Crippen LogP contribution in [0.1, 0.15) is 0 Å². The number of hydrogen-bond donors (Lipinski definition) is 1. The van der Waals surface area contributed by atoms with E-state index in [0.717, 1.165) is 0 Å². The Balaban J connectivity index is 0.000000222. The summed E-state index contributed by atoms with van der Waals surface area (Å²) in [4.78, 5) is 8.00. The maximum Gasteiger partial charge on any atom is 0.171 e. The van der Waals surface area contributed by atoms with Gasteiger partial charge in [0.25, 0.3) is 0 Å². The quantitative estimate of drug-likeness (QED) is 0.574. The molecule has 1 N–H and O–H groups in total. The van der Waals surface area contributed by atoms with Gasteiger partial charge >= 0.3 is 0 Å². The van der Waals surface area contributed by atoms with E-state index < -0.39 is 0 Å². The molecule has 0 atom stereocenters. The first-order valence-corrected chi connectivity index (χ1v) is 2.79. The van der Waals surface area contributed by atoms with Gasteiger partial charge < -0.3 is 9.90 Å². The Bertz CT molecular complexity index is 125. The summed E-state index contributed by atoms with van der Waals surface area (Å²) in [7, 11) is 0. The molecule has 0 aliphatic heterocycles. The average Bonchev–Trinajstić information content (AvgIpc) is 2.24. The van der Waals surface area contributed by atoms with Crippen molar-refractivity contribution in [1.82, 2.24) is 0 Å². The van der Waals surface area contributed by atoms with Crippen LogP contribution < -0.4 is 0 Å². The summed E-state index contributed by atoms with van der Waals surface area (Å²) in [6.45, 7) is 2.00. The number of hydrogen-bond acceptors (Lipinski definition) is 3. The molecule has 44 valence electrons. The van der Waals surface area contributed by atoms with Crippen molar-refractivity contribution in [3.05, 3.63) is 17.5 Å². The van der Waals surface area contributed by atoms with Crippen LogP contribution in [0.15, 0.2) is 17.5 Å². The highest BCUT2D eigenvalue weighted by atomic mass is 32.1. The highest BCUT2D eigenvalue weighted by Gasteiger charge is 1.77. The lowest BCUT2D eigenvalue weighted by molar-refractivity contribution is -0.0979. The second-order valence-corrected chi connectivity index (χ2v) is 1.88. The second kappa shape index (κ2) is 4.33. The van der Waals surface area contributed by atoms with Crippen LogP contribution in [-0.4, -0.2) is 11.9 Å². The Hall–Kier alpha value is -0.830. The van der Waals surface area contributed by atoms with Crippen LogP contribution in [0.25, 0.3) is 0 Å². The van der Waals surface area contributed by atoms with Crippen molar-refractivity contribution in [2.75, 3.05) is 0 Å². The predicted octanol–water partition coefficient (Wildman–Crippen LogP) is 1.27. The van der Waals surface area contributed by atoms with E-state index >= 15 is 0 Å². The van der Waals surface area contributed by atoms with Gasteiger partial charge in [-0.3, -0.25) is 0 Å². The van der Waals surface area contributed by atoms with Crippen LogP contribution in [0.4, 0.5) is 0 Å². The molecular formula is C5H6O2S. The lowest BCUT2D eigenvalue weighted by Crippen LogP contribution is -1.35. The van der Waals surface area contributed by atoms with E-state index in [1.54, 1.807) is 12.1 Å². The van der Waals surface area contributed by atoms with E-state index in [1.165, 1.54) is 11.3 Å². The predicted molar refractivity (Wildman–Crippen MR) is 33.1 cm³/mol. The van der Waals surface area contributed by atoms with Crippen LogP contribution in [0.3, 0.4) is 0 Å². The first kappa shape index (κ1) is 7.17. The van der Waals surface area contributed by atoms with Gasteiger partial charge in [-0.15, -0.1) is 11.3 Å². The summed E-state index contributed by atoms with van der Waals surface area (Å²) in [6, 6.07) is 3.46. The third-order valence-electron chi connectivity index (χ3n) is 0.506. The molecule has 8 heavy (non-hydrogen) atoms. The van der Waals surface area contributed by atoms with E-state index in [0.29, 0.717) is 5.06 Å². The standard InChI is InChI=1S/C4H4OS.CH2O/c5-4-2-1-3-6-4;1-2/h1-3,5H;1H2. The lowest BCUT2D eigenvalue weighted by atomic mass is 10.7. The zero-order chi connectivity index (χ0) is 6.41. The highest BCUT2D eigenvalue weighted by Crippen LogP contribution is 2.14. The van der Waals surface area contributed by atoms with Gasteiger partial charge in [0.1, 0.15) is 6.79 Å². The number of carbonyl (C=O) groups is 1. The van der Waals surface area contributed by atoms with Gasteiger partial charge in [0.05, 0.1) is 0 Å². The van der Waals surface area contributed by atoms with Crippen molar-refractivity contribution in [2.24, 2.45) is 0 Å². The lowest BCUT2D eigenvalue weighted by Gasteiger charge is -1.67. The molecule has 3 heteroatoms. The Labute approximate surface area is 51.4 Å². The van der Waals surface area contributed by atoms with Gasteiger partial charge in [-0.05, 0) is 17.5 Å². The molecule has 1 heterocycles. The van der Waals surface area contributed by atoms with Crippen molar-refractivity contribution in [2.45, 2.75) is 0 Å². The van der Waals surface area contributed by atoms with Gasteiger partial charge in [0.2, 0.25) is 0 Å². The van der Waals surface area contributed by atoms with Gasteiger partial charge in [-0.2, -0.15) is 0 Å². The molecule has 0 radical (unpaired) electrons. The van der Waals surface area contributed by atoms with E-state index in [-0.39, 0.29) is 0 Å². The minimum absolute atomic E-state index is 0.384. The van der Waals surface area contributed by atoms with Crippen molar-refractivity contribution >= 4 is 18.1 Å². The molecule has 0 saturated heterocycles. The molecular weight excluding hydrogens is 124 g/mol. The van der Waals surface area contributed by atoms with Gasteiger partial charge in [0, 0.05) is 0 Å². The Morgan fingerprint density at radius 1 is 1.62 bits per heavy atom. The molecule has 1 rings (SSSR count). The number of thiophene rings is 1. The van der Waals surface area contributed by atoms with Crippen LogP contribution in [-0.2, 0) is 4.79 Å². The minimum Gasteiger partial charge on any atom is -0.499 e. The fourth-order valence-electron chi connectivity index (χ4n) is 0.270. The largest absolute Gasteiger partial charge is 0.499 e. The second-order valence-electron chi connectivity index (χ2n) is 0.951. The first-order valence-electron chi connectivity index (χ1n) is 1.91. The SMILES string of the molecule is C=O.Oc1cccs1. The summed E-state index contributed by atoms with van der Waals surface area (Å²) < 4.78 is 0.